The van der Waals surface area contributed by atoms with Crippen molar-refractivity contribution >= 4 is 28.3 Å². The molecule has 2 aliphatic heterocycles. The van der Waals surface area contributed by atoms with Crippen LogP contribution >= 0.6 is 11.8 Å². The maximum Gasteiger partial charge on any atom is 0.164 e. The third-order valence-electron chi connectivity index (χ3n) is 4.99. The minimum atomic E-state index is 0.202. The number of benzene rings is 2. The maximum absolute atomic E-state index is 12.6. The molecular weight excluding hydrogens is 330 g/mol. The van der Waals surface area contributed by atoms with Crippen LogP contribution in [0.4, 0.5) is 0 Å². The van der Waals surface area contributed by atoms with E-state index in [-0.39, 0.29) is 5.78 Å². The van der Waals surface area contributed by atoms with E-state index in [2.05, 4.69) is 23.0 Å². The number of carbonyl (C=O) groups excluding carboxylic acids is 1. The minimum Gasteiger partial charge on any atom is -0.492 e. The van der Waals surface area contributed by atoms with Gasteiger partial charge in [-0.1, -0.05) is 12.1 Å². The zero-order valence-corrected chi connectivity index (χ0v) is 15.0. The van der Waals surface area contributed by atoms with Gasteiger partial charge in [0, 0.05) is 36.7 Å². The number of ether oxygens (including phenoxy) is 1. The molecule has 0 amide bonds. The zero-order chi connectivity index (χ0) is 17.2. The zero-order valence-electron chi connectivity index (χ0n) is 14.2. The Morgan fingerprint density at radius 3 is 3.08 bits per heavy atom. The van der Waals surface area contributed by atoms with Crippen molar-refractivity contribution in [3.8, 4) is 18.1 Å². The standard InChI is InChI=1S/C21H21NO2S/c1-2-15-5-7-22(14-15)8-6-19(23)17-4-3-16-12-20-21(13-18(16)11-17)25-10-9-24-20/h1,3-4,11-13,15H,5-10,14H2. The Hall–Kier alpha value is -1.96. The first-order valence-corrected chi connectivity index (χ1v) is 9.76. The lowest BCUT2D eigenvalue weighted by molar-refractivity contribution is 0.0968. The largest absolute Gasteiger partial charge is 0.492 e. The van der Waals surface area contributed by atoms with Crippen LogP contribution in [-0.4, -0.2) is 42.7 Å². The van der Waals surface area contributed by atoms with Gasteiger partial charge < -0.3 is 9.64 Å². The fraction of sp³-hybridized carbons (Fsp3) is 0.381. The lowest BCUT2D eigenvalue weighted by Gasteiger charge is -2.17. The van der Waals surface area contributed by atoms with Crippen LogP contribution in [0.2, 0.25) is 0 Å². The molecule has 2 aromatic rings. The predicted molar refractivity (Wildman–Crippen MR) is 102 cm³/mol. The molecule has 0 bridgehead atoms. The highest BCUT2D eigenvalue weighted by Crippen LogP contribution is 2.36. The van der Waals surface area contributed by atoms with Crippen LogP contribution in [0.5, 0.6) is 5.75 Å². The van der Waals surface area contributed by atoms with E-state index in [0.717, 1.165) is 60.5 Å². The van der Waals surface area contributed by atoms with Crippen molar-refractivity contribution in [2.45, 2.75) is 17.7 Å². The number of thioether (sulfide) groups is 1. The van der Waals surface area contributed by atoms with Gasteiger partial charge in [-0.05, 0) is 41.9 Å². The van der Waals surface area contributed by atoms with Crippen molar-refractivity contribution in [2.75, 3.05) is 32.0 Å². The van der Waals surface area contributed by atoms with Crippen LogP contribution in [0.15, 0.2) is 35.2 Å². The summed E-state index contributed by atoms with van der Waals surface area (Å²) in [6.45, 7) is 3.48. The molecule has 0 N–H and O–H groups in total. The molecule has 2 aliphatic rings. The molecule has 1 saturated heterocycles. The number of likely N-dealkylation sites (tertiary alicyclic amines) is 1. The van der Waals surface area contributed by atoms with Crippen molar-refractivity contribution < 1.29 is 9.53 Å². The Morgan fingerprint density at radius 2 is 2.24 bits per heavy atom. The van der Waals surface area contributed by atoms with E-state index in [1.807, 2.05) is 30.0 Å². The summed E-state index contributed by atoms with van der Waals surface area (Å²) in [6.07, 6.45) is 7.08. The Labute approximate surface area is 152 Å². The van der Waals surface area contributed by atoms with E-state index >= 15 is 0 Å². The van der Waals surface area contributed by atoms with Gasteiger partial charge in [0.2, 0.25) is 0 Å². The fourth-order valence-corrected chi connectivity index (χ4v) is 4.39. The quantitative estimate of drug-likeness (QED) is 0.618. The Morgan fingerprint density at radius 1 is 1.32 bits per heavy atom. The van der Waals surface area contributed by atoms with Crippen molar-refractivity contribution in [1.82, 2.24) is 4.90 Å². The summed E-state index contributed by atoms with van der Waals surface area (Å²) in [5, 5.41) is 2.23. The maximum atomic E-state index is 12.6. The monoisotopic (exact) mass is 351 g/mol. The Bertz CT molecular complexity index is 855. The van der Waals surface area contributed by atoms with E-state index in [0.29, 0.717) is 12.3 Å². The normalized spacial score (nSPS) is 20.0. The van der Waals surface area contributed by atoms with Gasteiger partial charge >= 0.3 is 0 Å². The van der Waals surface area contributed by atoms with Gasteiger partial charge in [-0.25, -0.2) is 0 Å². The summed E-state index contributed by atoms with van der Waals surface area (Å²) in [5.74, 6) is 5.31. The molecule has 0 aromatic heterocycles. The minimum absolute atomic E-state index is 0.202. The van der Waals surface area contributed by atoms with Crippen molar-refractivity contribution in [3.05, 3.63) is 35.9 Å². The molecule has 128 valence electrons. The first kappa shape index (κ1) is 16.5. The number of hydrogen-bond acceptors (Lipinski definition) is 4. The van der Waals surface area contributed by atoms with E-state index in [4.69, 9.17) is 11.2 Å². The number of Topliss-reactive ketones (excluding diaryl/α,β-unsaturated/α-hetero) is 1. The van der Waals surface area contributed by atoms with E-state index in [1.165, 1.54) is 4.90 Å². The van der Waals surface area contributed by atoms with E-state index in [9.17, 15) is 4.79 Å². The SMILES string of the molecule is C#CC1CCN(CCC(=O)c2ccc3cc4c(cc3c2)SCCO4)C1. The first-order valence-electron chi connectivity index (χ1n) is 8.78. The third kappa shape index (κ3) is 3.53. The molecule has 0 saturated carbocycles. The van der Waals surface area contributed by atoms with Gasteiger partial charge in [0.1, 0.15) is 5.75 Å². The van der Waals surface area contributed by atoms with Crippen LogP contribution < -0.4 is 4.74 Å². The Balaban J connectivity index is 1.47. The predicted octanol–water partition coefficient (Wildman–Crippen LogP) is 3.85. The van der Waals surface area contributed by atoms with Crippen molar-refractivity contribution in [2.24, 2.45) is 5.92 Å². The lowest BCUT2D eigenvalue weighted by Crippen LogP contribution is -2.23. The van der Waals surface area contributed by atoms with E-state index in [1.54, 1.807) is 0 Å². The van der Waals surface area contributed by atoms with Crippen LogP contribution in [-0.2, 0) is 0 Å². The molecule has 1 unspecified atom stereocenters. The van der Waals surface area contributed by atoms with Gasteiger partial charge in [-0.2, -0.15) is 0 Å². The second-order valence-corrected chi connectivity index (χ2v) is 7.82. The average molecular weight is 351 g/mol. The molecule has 0 aliphatic carbocycles. The number of carbonyl (C=O) groups is 1. The molecule has 2 heterocycles. The summed E-state index contributed by atoms with van der Waals surface area (Å²) < 4.78 is 5.72. The number of rotatable bonds is 4. The van der Waals surface area contributed by atoms with Crippen LogP contribution in [0, 0.1) is 18.3 Å². The fourth-order valence-electron chi connectivity index (χ4n) is 3.53. The average Bonchev–Trinajstić information content (AvgIpc) is 3.12. The molecular formula is C21H21NO2S. The number of hydrogen-bond donors (Lipinski definition) is 0. The third-order valence-corrected chi connectivity index (χ3v) is 5.99. The van der Waals surface area contributed by atoms with Gasteiger partial charge in [0.05, 0.1) is 11.5 Å². The molecule has 0 radical (unpaired) electrons. The molecule has 4 rings (SSSR count). The summed E-state index contributed by atoms with van der Waals surface area (Å²) in [6, 6.07) is 10.2. The second-order valence-electron chi connectivity index (χ2n) is 6.68. The molecule has 1 atom stereocenters. The van der Waals surface area contributed by atoms with Gasteiger partial charge in [0.25, 0.3) is 0 Å². The van der Waals surface area contributed by atoms with Gasteiger partial charge in [-0.15, -0.1) is 24.1 Å². The van der Waals surface area contributed by atoms with Gasteiger partial charge in [0.15, 0.2) is 5.78 Å². The molecule has 25 heavy (non-hydrogen) atoms. The number of nitrogens with zero attached hydrogens (tertiary/aromatic N) is 1. The number of terminal acetylenes is 1. The summed E-state index contributed by atoms with van der Waals surface area (Å²) in [5.41, 5.74) is 0.793. The highest BCUT2D eigenvalue weighted by atomic mass is 32.2. The topological polar surface area (TPSA) is 29.5 Å². The van der Waals surface area contributed by atoms with Crippen LogP contribution in [0.3, 0.4) is 0 Å². The highest BCUT2D eigenvalue weighted by Gasteiger charge is 2.21. The summed E-state index contributed by atoms with van der Waals surface area (Å²) in [4.78, 5) is 16.1. The molecule has 3 nitrogen and oxygen atoms in total. The second kappa shape index (κ2) is 7.11. The number of ketones is 1. The van der Waals surface area contributed by atoms with Crippen LogP contribution in [0.25, 0.3) is 10.8 Å². The first-order chi connectivity index (χ1) is 12.2. The Kier molecular flexibility index (Phi) is 4.70. The summed E-state index contributed by atoms with van der Waals surface area (Å²) in [7, 11) is 0. The number of fused-ring (bicyclic) bond motifs is 2. The highest BCUT2D eigenvalue weighted by molar-refractivity contribution is 7.99. The van der Waals surface area contributed by atoms with E-state index < -0.39 is 0 Å². The van der Waals surface area contributed by atoms with Crippen molar-refractivity contribution in [3.63, 3.8) is 0 Å². The summed E-state index contributed by atoms with van der Waals surface area (Å²) >= 11 is 1.81. The molecule has 0 spiro atoms. The van der Waals surface area contributed by atoms with Gasteiger partial charge in [-0.3, -0.25) is 4.79 Å². The molecule has 2 aromatic carbocycles. The molecule has 1 fully saturated rings. The van der Waals surface area contributed by atoms with Crippen LogP contribution in [0.1, 0.15) is 23.2 Å². The van der Waals surface area contributed by atoms with Crippen molar-refractivity contribution in [1.29, 1.82) is 0 Å². The lowest BCUT2D eigenvalue weighted by atomic mass is 10.0. The smallest absolute Gasteiger partial charge is 0.164 e. The molecule has 4 heteroatoms.